The molecule has 1 heterocycles. The molecule has 1 atom stereocenters. The molecule has 0 bridgehead atoms. The minimum atomic E-state index is -0.536. The first-order chi connectivity index (χ1) is 15.9. The van der Waals surface area contributed by atoms with E-state index in [1.54, 1.807) is 0 Å². The predicted molar refractivity (Wildman–Crippen MR) is 130 cm³/mol. The van der Waals surface area contributed by atoms with Gasteiger partial charge in [-0.3, -0.25) is 4.90 Å². The number of rotatable bonds is 11. The predicted octanol–water partition coefficient (Wildman–Crippen LogP) is 4.94. The van der Waals surface area contributed by atoms with Gasteiger partial charge in [0, 0.05) is 31.7 Å². The Morgan fingerprint density at radius 3 is 2.55 bits per heavy atom. The average Bonchev–Trinajstić information content (AvgIpc) is 3.59. The van der Waals surface area contributed by atoms with Crippen molar-refractivity contribution in [2.75, 3.05) is 13.2 Å². The topological polar surface area (TPSA) is 59.8 Å². The highest BCUT2D eigenvalue weighted by Gasteiger charge is 2.33. The highest BCUT2D eigenvalue weighted by Crippen LogP contribution is 2.37. The van der Waals surface area contributed by atoms with Gasteiger partial charge in [0.15, 0.2) is 0 Å². The number of nitrogens with zero attached hydrogens (tertiary/aromatic N) is 3. The molecule has 33 heavy (non-hydrogen) atoms. The van der Waals surface area contributed by atoms with E-state index in [0.29, 0.717) is 25.7 Å². The smallest absolute Gasteiger partial charge is 0.222 e. The van der Waals surface area contributed by atoms with Crippen LogP contribution in [-0.2, 0) is 18.3 Å². The quantitative estimate of drug-likeness (QED) is 0.449. The van der Waals surface area contributed by atoms with Gasteiger partial charge in [0.2, 0.25) is 5.88 Å². The van der Waals surface area contributed by atoms with Crippen molar-refractivity contribution < 1.29 is 14.6 Å². The van der Waals surface area contributed by atoms with E-state index in [1.165, 1.54) is 0 Å². The summed E-state index contributed by atoms with van der Waals surface area (Å²) in [5, 5.41) is 15.5. The van der Waals surface area contributed by atoms with E-state index in [-0.39, 0.29) is 6.10 Å². The highest BCUT2D eigenvalue weighted by atomic mass is 16.5. The van der Waals surface area contributed by atoms with Crippen molar-refractivity contribution in [1.82, 2.24) is 14.7 Å². The summed E-state index contributed by atoms with van der Waals surface area (Å²) in [6.07, 6.45) is 1.86. The van der Waals surface area contributed by atoms with E-state index in [9.17, 15) is 5.11 Å². The van der Waals surface area contributed by atoms with E-state index >= 15 is 0 Å². The summed E-state index contributed by atoms with van der Waals surface area (Å²) < 4.78 is 13.9. The van der Waals surface area contributed by atoms with Crippen molar-refractivity contribution in [3.8, 4) is 22.9 Å². The van der Waals surface area contributed by atoms with Crippen LogP contribution in [-0.4, -0.2) is 51.2 Å². The number of hydrogen-bond donors (Lipinski definition) is 1. The normalized spacial score (nSPS) is 14.8. The Balaban J connectivity index is 1.65. The summed E-state index contributed by atoms with van der Waals surface area (Å²) in [5.74, 6) is 1.53. The molecular weight excluding hydrogens is 414 g/mol. The molecule has 0 spiro atoms. The number of benzene rings is 2. The number of ether oxygens (including phenoxy) is 2. The van der Waals surface area contributed by atoms with Crippen molar-refractivity contribution in [2.24, 2.45) is 7.05 Å². The molecule has 1 fully saturated rings. The van der Waals surface area contributed by atoms with Crippen LogP contribution in [0.25, 0.3) is 11.3 Å². The third-order valence-electron chi connectivity index (χ3n) is 5.83. The van der Waals surface area contributed by atoms with Gasteiger partial charge in [0.05, 0.1) is 24.4 Å². The SMILES string of the molecule is Cc1cccc(Oc2c(CN(CC(O)COC(C)C)C3CC3)c(-c3ccccc3)nn2C)c1. The molecule has 1 aromatic heterocycles. The van der Waals surface area contributed by atoms with Crippen LogP contribution in [0.3, 0.4) is 0 Å². The minimum Gasteiger partial charge on any atom is -0.439 e. The van der Waals surface area contributed by atoms with Crippen molar-refractivity contribution in [3.63, 3.8) is 0 Å². The number of hydrogen-bond acceptors (Lipinski definition) is 5. The van der Waals surface area contributed by atoms with Crippen LogP contribution in [0.4, 0.5) is 0 Å². The summed E-state index contributed by atoms with van der Waals surface area (Å²) in [6, 6.07) is 18.8. The fraction of sp³-hybridized carbons (Fsp3) is 0.444. The van der Waals surface area contributed by atoms with E-state index in [0.717, 1.165) is 46.9 Å². The Kier molecular flexibility index (Phi) is 7.48. The third-order valence-corrected chi connectivity index (χ3v) is 5.83. The minimum absolute atomic E-state index is 0.103. The lowest BCUT2D eigenvalue weighted by Crippen LogP contribution is -2.36. The molecule has 1 aliphatic carbocycles. The first-order valence-electron chi connectivity index (χ1n) is 11.8. The summed E-state index contributed by atoms with van der Waals surface area (Å²) in [5.41, 5.74) is 4.16. The van der Waals surface area contributed by atoms with E-state index in [4.69, 9.17) is 14.6 Å². The Bertz CT molecular complexity index is 1040. The third kappa shape index (κ3) is 6.22. The van der Waals surface area contributed by atoms with Gasteiger partial charge in [-0.15, -0.1) is 0 Å². The molecule has 1 N–H and O–H groups in total. The second kappa shape index (κ2) is 10.5. The Morgan fingerprint density at radius 2 is 1.88 bits per heavy atom. The maximum Gasteiger partial charge on any atom is 0.222 e. The standard InChI is InChI=1S/C27H35N3O3/c1-19(2)32-18-23(31)16-30(22-13-14-22)17-25-26(21-10-6-5-7-11-21)28-29(4)27(25)33-24-12-8-9-20(3)15-24/h5-12,15,19,22-23,31H,13-14,16-18H2,1-4H3. The van der Waals surface area contributed by atoms with Gasteiger partial charge in [0.1, 0.15) is 11.4 Å². The molecular formula is C27H35N3O3. The Labute approximate surface area is 196 Å². The fourth-order valence-corrected chi connectivity index (χ4v) is 4.05. The average molecular weight is 450 g/mol. The maximum absolute atomic E-state index is 10.6. The van der Waals surface area contributed by atoms with E-state index < -0.39 is 6.10 Å². The second-order valence-corrected chi connectivity index (χ2v) is 9.24. The summed E-state index contributed by atoms with van der Waals surface area (Å²) in [6.45, 7) is 7.59. The summed E-state index contributed by atoms with van der Waals surface area (Å²) >= 11 is 0. The van der Waals surface area contributed by atoms with Gasteiger partial charge in [-0.05, 0) is 51.3 Å². The van der Waals surface area contributed by atoms with Gasteiger partial charge in [0.25, 0.3) is 0 Å². The van der Waals surface area contributed by atoms with E-state index in [1.807, 2.05) is 62.0 Å². The fourth-order valence-electron chi connectivity index (χ4n) is 4.05. The number of aryl methyl sites for hydroxylation is 2. The number of aliphatic hydroxyl groups excluding tert-OH is 1. The number of aromatic nitrogens is 2. The molecule has 0 radical (unpaired) electrons. The highest BCUT2D eigenvalue weighted by molar-refractivity contribution is 5.65. The summed E-state index contributed by atoms with van der Waals surface area (Å²) in [4.78, 5) is 2.35. The molecule has 2 aromatic carbocycles. The second-order valence-electron chi connectivity index (χ2n) is 9.24. The lowest BCUT2D eigenvalue weighted by atomic mass is 10.1. The van der Waals surface area contributed by atoms with Crippen molar-refractivity contribution in [2.45, 2.75) is 58.4 Å². The maximum atomic E-state index is 10.6. The van der Waals surface area contributed by atoms with Crippen LogP contribution in [0.15, 0.2) is 54.6 Å². The molecule has 4 rings (SSSR count). The monoisotopic (exact) mass is 449 g/mol. The van der Waals surface area contributed by atoms with Crippen LogP contribution < -0.4 is 4.74 Å². The van der Waals surface area contributed by atoms with Crippen molar-refractivity contribution in [1.29, 1.82) is 0 Å². The van der Waals surface area contributed by atoms with Gasteiger partial charge in [-0.1, -0.05) is 42.5 Å². The lowest BCUT2D eigenvalue weighted by molar-refractivity contribution is -0.0107. The van der Waals surface area contributed by atoms with Gasteiger partial charge < -0.3 is 14.6 Å². The van der Waals surface area contributed by atoms with Crippen molar-refractivity contribution >= 4 is 0 Å². The zero-order chi connectivity index (χ0) is 23.4. The van der Waals surface area contributed by atoms with Gasteiger partial charge in [-0.25, -0.2) is 4.68 Å². The zero-order valence-electron chi connectivity index (χ0n) is 20.1. The Morgan fingerprint density at radius 1 is 1.12 bits per heavy atom. The lowest BCUT2D eigenvalue weighted by Gasteiger charge is -2.26. The van der Waals surface area contributed by atoms with Crippen molar-refractivity contribution in [3.05, 3.63) is 65.7 Å². The van der Waals surface area contributed by atoms with Gasteiger partial charge in [-0.2, -0.15) is 5.10 Å². The van der Waals surface area contributed by atoms with Crippen LogP contribution in [0, 0.1) is 6.92 Å². The molecule has 1 unspecified atom stereocenters. The van der Waals surface area contributed by atoms with Crippen LogP contribution in [0.2, 0.25) is 0 Å². The van der Waals surface area contributed by atoms with E-state index in [2.05, 4.69) is 30.0 Å². The molecule has 6 heteroatoms. The largest absolute Gasteiger partial charge is 0.439 e. The molecule has 0 aliphatic heterocycles. The molecule has 6 nitrogen and oxygen atoms in total. The molecule has 0 saturated heterocycles. The molecule has 1 saturated carbocycles. The van der Waals surface area contributed by atoms with Crippen LogP contribution >= 0.6 is 0 Å². The molecule has 1 aliphatic rings. The first-order valence-corrected chi connectivity index (χ1v) is 11.8. The van der Waals surface area contributed by atoms with Crippen LogP contribution in [0.5, 0.6) is 11.6 Å². The number of aliphatic hydroxyl groups is 1. The Hall–Kier alpha value is -2.67. The van der Waals surface area contributed by atoms with Gasteiger partial charge >= 0.3 is 0 Å². The molecule has 0 amide bonds. The van der Waals surface area contributed by atoms with Crippen LogP contribution in [0.1, 0.15) is 37.8 Å². The first kappa shape index (κ1) is 23.5. The summed E-state index contributed by atoms with van der Waals surface area (Å²) in [7, 11) is 1.92. The molecule has 3 aromatic rings. The molecule has 176 valence electrons. The zero-order valence-corrected chi connectivity index (χ0v) is 20.1.